The van der Waals surface area contributed by atoms with E-state index in [-0.39, 0.29) is 5.92 Å². The molecule has 4 rings (SSSR count). The molecule has 5 nitrogen and oxygen atoms in total. The van der Waals surface area contributed by atoms with Gasteiger partial charge in [-0.25, -0.2) is 0 Å². The molecular formula is C23H35N3O2. The van der Waals surface area contributed by atoms with E-state index >= 15 is 0 Å². The number of piperidine rings is 2. The summed E-state index contributed by atoms with van der Waals surface area (Å²) >= 11 is 0. The van der Waals surface area contributed by atoms with Gasteiger partial charge in [0.25, 0.3) is 0 Å². The Morgan fingerprint density at radius 1 is 1.11 bits per heavy atom. The number of hydrogen-bond donors (Lipinski definition) is 1. The second-order valence-corrected chi connectivity index (χ2v) is 8.67. The summed E-state index contributed by atoms with van der Waals surface area (Å²) in [6.45, 7) is 8.08. The van der Waals surface area contributed by atoms with E-state index in [1.165, 1.54) is 31.2 Å². The van der Waals surface area contributed by atoms with Crippen LogP contribution in [0.2, 0.25) is 0 Å². The van der Waals surface area contributed by atoms with Crippen LogP contribution in [-0.2, 0) is 11.3 Å². The van der Waals surface area contributed by atoms with Gasteiger partial charge < -0.3 is 10.1 Å². The number of nitrogens with one attached hydrogen (secondary N) is 1. The average Bonchev–Trinajstić information content (AvgIpc) is 3.54. The van der Waals surface area contributed by atoms with Gasteiger partial charge in [-0.1, -0.05) is 18.2 Å². The first-order valence-corrected chi connectivity index (χ1v) is 11.2. The molecule has 1 aromatic carbocycles. The first-order chi connectivity index (χ1) is 13.7. The highest BCUT2D eigenvalue weighted by atomic mass is 16.5. The third kappa shape index (κ3) is 5.06. The lowest BCUT2D eigenvalue weighted by atomic mass is 9.93. The molecule has 5 heteroatoms. The van der Waals surface area contributed by atoms with Crippen LogP contribution >= 0.6 is 0 Å². The maximum atomic E-state index is 12.5. The van der Waals surface area contributed by atoms with Crippen LogP contribution in [0.5, 0.6) is 5.75 Å². The highest BCUT2D eigenvalue weighted by molar-refractivity contribution is 5.79. The van der Waals surface area contributed by atoms with Gasteiger partial charge in [-0.2, -0.15) is 0 Å². The van der Waals surface area contributed by atoms with Gasteiger partial charge in [0, 0.05) is 30.7 Å². The fourth-order valence-corrected chi connectivity index (χ4v) is 4.71. The molecule has 1 unspecified atom stereocenters. The Labute approximate surface area is 169 Å². The molecule has 0 aromatic heterocycles. The molecule has 1 aromatic rings. The molecule has 2 aliphatic heterocycles. The predicted molar refractivity (Wildman–Crippen MR) is 111 cm³/mol. The van der Waals surface area contributed by atoms with Gasteiger partial charge >= 0.3 is 0 Å². The minimum absolute atomic E-state index is 0.199. The molecular weight excluding hydrogens is 350 g/mol. The average molecular weight is 386 g/mol. The molecule has 1 atom stereocenters. The molecule has 1 saturated carbocycles. The Morgan fingerprint density at radius 2 is 1.89 bits per heavy atom. The molecule has 28 heavy (non-hydrogen) atoms. The van der Waals surface area contributed by atoms with E-state index in [4.69, 9.17) is 4.74 Å². The van der Waals surface area contributed by atoms with Crippen molar-refractivity contribution in [2.75, 3.05) is 32.8 Å². The quantitative estimate of drug-likeness (QED) is 0.784. The zero-order valence-corrected chi connectivity index (χ0v) is 17.2. The number of rotatable bonds is 7. The summed E-state index contributed by atoms with van der Waals surface area (Å²) in [5, 5.41) is 3.21. The zero-order chi connectivity index (χ0) is 19.3. The third-order valence-electron chi connectivity index (χ3n) is 6.49. The summed E-state index contributed by atoms with van der Waals surface area (Å²) in [6, 6.07) is 9.52. The van der Waals surface area contributed by atoms with Crippen molar-refractivity contribution in [3.8, 4) is 5.75 Å². The predicted octanol–water partition coefficient (Wildman–Crippen LogP) is 3.04. The van der Waals surface area contributed by atoms with Gasteiger partial charge in [-0.05, 0) is 71.1 Å². The molecule has 1 N–H and O–H groups in total. The summed E-state index contributed by atoms with van der Waals surface area (Å²) in [6.07, 6.45) is 6.97. The van der Waals surface area contributed by atoms with E-state index in [2.05, 4.69) is 33.3 Å². The van der Waals surface area contributed by atoms with Gasteiger partial charge in [-0.15, -0.1) is 0 Å². The van der Waals surface area contributed by atoms with Crippen LogP contribution in [0.4, 0.5) is 0 Å². The van der Waals surface area contributed by atoms with E-state index in [1.54, 1.807) is 0 Å². The maximum Gasteiger partial charge on any atom is 0.224 e. The molecule has 0 spiro atoms. The number of carbonyl (C=O) groups is 1. The van der Waals surface area contributed by atoms with Crippen LogP contribution in [0.1, 0.15) is 51.0 Å². The van der Waals surface area contributed by atoms with Crippen LogP contribution in [0.25, 0.3) is 0 Å². The summed E-state index contributed by atoms with van der Waals surface area (Å²) in [4.78, 5) is 17.6. The first-order valence-electron chi connectivity index (χ1n) is 11.2. The standard InChI is InChI=1S/C23H35N3O2/c1-2-28-22-8-4-3-6-18(22)16-25-14-11-21(12-15-25)26-13-5-7-19(17-26)23(27)24-20-9-10-20/h3-4,6,8,19-21H,2,5,7,9-17H2,1H3,(H,24,27). The number of amides is 1. The number of hydrogen-bond acceptors (Lipinski definition) is 4. The number of ether oxygens (including phenoxy) is 1. The van der Waals surface area contributed by atoms with Crippen LogP contribution < -0.4 is 10.1 Å². The normalized spacial score (nSPS) is 24.8. The van der Waals surface area contributed by atoms with Crippen LogP contribution in [-0.4, -0.2) is 60.6 Å². The van der Waals surface area contributed by atoms with Crippen molar-refractivity contribution < 1.29 is 9.53 Å². The topological polar surface area (TPSA) is 44.8 Å². The van der Waals surface area contributed by atoms with E-state index in [9.17, 15) is 4.79 Å². The summed E-state index contributed by atoms with van der Waals surface area (Å²) in [7, 11) is 0. The third-order valence-corrected chi connectivity index (χ3v) is 6.49. The van der Waals surface area contributed by atoms with Crippen LogP contribution in [0, 0.1) is 5.92 Å². The Kier molecular flexibility index (Phi) is 6.53. The van der Waals surface area contributed by atoms with Gasteiger partial charge in [0.15, 0.2) is 0 Å². The van der Waals surface area contributed by atoms with Gasteiger partial charge in [0.05, 0.1) is 12.5 Å². The van der Waals surface area contributed by atoms with E-state index in [1.807, 2.05) is 13.0 Å². The minimum Gasteiger partial charge on any atom is -0.494 e. The minimum atomic E-state index is 0.199. The molecule has 3 aliphatic rings. The SMILES string of the molecule is CCOc1ccccc1CN1CCC(N2CCCC(C(=O)NC3CC3)C2)CC1. The van der Waals surface area contributed by atoms with Crippen molar-refractivity contribution in [1.29, 1.82) is 0 Å². The molecule has 154 valence electrons. The van der Waals surface area contributed by atoms with Crippen molar-refractivity contribution in [2.24, 2.45) is 5.92 Å². The smallest absolute Gasteiger partial charge is 0.224 e. The van der Waals surface area contributed by atoms with Gasteiger partial charge in [0.2, 0.25) is 5.91 Å². The van der Waals surface area contributed by atoms with Crippen molar-refractivity contribution in [3.63, 3.8) is 0 Å². The monoisotopic (exact) mass is 385 g/mol. The molecule has 2 heterocycles. The van der Waals surface area contributed by atoms with E-state index in [0.29, 0.717) is 24.6 Å². The van der Waals surface area contributed by atoms with Crippen molar-refractivity contribution in [2.45, 2.75) is 64.1 Å². The lowest BCUT2D eigenvalue weighted by molar-refractivity contribution is -0.127. The summed E-state index contributed by atoms with van der Waals surface area (Å²) < 4.78 is 5.79. The second kappa shape index (κ2) is 9.27. The van der Waals surface area contributed by atoms with Crippen molar-refractivity contribution in [1.82, 2.24) is 15.1 Å². The molecule has 0 bridgehead atoms. The highest BCUT2D eigenvalue weighted by Crippen LogP contribution is 2.27. The number of carbonyl (C=O) groups excluding carboxylic acids is 1. The Balaban J connectivity index is 1.26. The first kappa shape index (κ1) is 19.7. The molecule has 2 saturated heterocycles. The number of benzene rings is 1. The molecule has 1 amide bonds. The largest absolute Gasteiger partial charge is 0.494 e. The highest BCUT2D eigenvalue weighted by Gasteiger charge is 2.33. The van der Waals surface area contributed by atoms with Crippen LogP contribution in [0.15, 0.2) is 24.3 Å². The fraction of sp³-hybridized carbons (Fsp3) is 0.696. The Bertz CT molecular complexity index is 653. The van der Waals surface area contributed by atoms with Crippen molar-refractivity contribution >= 4 is 5.91 Å². The number of nitrogens with zero attached hydrogens (tertiary/aromatic N) is 2. The molecule has 3 fully saturated rings. The van der Waals surface area contributed by atoms with E-state index in [0.717, 1.165) is 51.3 Å². The maximum absolute atomic E-state index is 12.5. The molecule has 0 radical (unpaired) electrons. The van der Waals surface area contributed by atoms with Gasteiger partial charge in [0.1, 0.15) is 5.75 Å². The van der Waals surface area contributed by atoms with Gasteiger partial charge in [-0.3, -0.25) is 14.6 Å². The number of para-hydroxylation sites is 1. The fourth-order valence-electron chi connectivity index (χ4n) is 4.71. The van der Waals surface area contributed by atoms with E-state index < -0.39 is 0 Å². The Morgan fingerprint density at radius 3 is 2.64 bits per heavy atom. The zero-order valence-electron chi connectivity index (χ0n) is 17.2. The Hall–Kier alpha value is -1.59. The van der Waals surface area contributed by atoms with Crippen LogP contribution in [0.3, 0.4) is 0 Å². The summed E-state index contributed by atoms with van der Waals surface area (Å²) in [5.74, 6) is 1.52. The number of likely N-dealkylation sites (tertiary alicyclic amines) is 2. The lowest BCUT2D eigenvalue weighted by Crippen LogP contribution is -2.50. The molecule has 1 aliphatic carbocycles. The lowest BCUT2D eigenvalue weighted by Gasteiger charge is -2.42. The van der Waals surface area contributed by atoms with Crippen molar-refractivity contribution in [3.05, 3.63) is 29.8 Å². The second-order valence-electron chi connectivity index (χ2n) is 8.67. The summed E-state index contributed by atoms with van der Waals surface area (Å²) in [5.41, 5.74) is 1.29.